The largest absolute Gasteiger partial charge is 0.103 e. The lowest BCUT2D eigenvalue weighted by atomic mass is 10.1. The molecule has 2 atom stereocenters. The lowest BCUT2D eigenvalue weighted by molar-refractivity contribution is 0.641. The van der Waals surface area contributed by atoms with Gasteiger partial charge in [0.1, 0.15) is 0 Å². The molecule has 0 aromatic heterocycles. The molecule has 0 bridgehead atoms. The fourth-order valence-electron chi connectivity index (χ4n) is 1.48. The summed E-state index contributed by atoms with van der Waals surface area (Å²) in [5.41, 5.74) is 0. The fraction of sp³-hybridized carbons (Fsp3) is 0.750. The maximum absolute atomic E-state index is 3.78. The molecule has 0 N–H and O–H groups in total. The Bertz CT molecular complexity index is 99.2. The molecule has 1 aliphatic carbocycles. The third kappa shape index (κ3) is 13.5. The van der Waals surface area contributed by atoms with Gasteiger partial charge in [0.25, 0.3) is 0 Å². The fourth-order valence-corrected chi connectivity index (χ4v) is 1.48. The first kappa shape index (κ1) is 45.1. The quantitative estimate of drug-likeness (QED) is 0.442. The number of rotatable bonds is 2. The molecule has 0 heterocycles. The lowest BCUT2D eigenvalue weighted by Gasteiger charge is -1.99. The van der Waals surface area contributed by atoms with E-state index in [4.69, 9.17) is 0 Å². The van der Waals surface area contributed by atoms with Crippen LogP contribution < -0.4 is 0 Å². The monoisotopic (exact) mass is 234 g/mol. The summed E-state index contributed by atoms with van der Waals surface area (Å²) < 4.78 is 0. The second-order valence-corrected chi connectivity index (χ2v) is 2.80. The van der Waals surface area contributed by atoms with E-state index >= 15 is 0 Å². The van der Waals surface area contributed by atoms with Gasteiger partial charge in [0.2, 0.25) is 0 Å². The minimum atomic E-state index is 0. The molecule has 0 aliphatic heterocycles. The van der Waals surface area contributed by atoms with Gasteiger partial charge >= 0.3 is 0 Å². The van der Waals surface area contributed by atoms with Crippen molar-refractivity contribution in [1.82, 2.24) is 0 Å². The van der Waals surface area contributed by atoms with E-state index in [0.717, 1.165) is 11.8 Å². The van der Waals surface area contributed by atoms with E-state index in [1.807, 2.05) is 0 Å². The van der Waals surface area contributed by atoms with Gasteiger partial charge < -0.3 is 0 Å². The normalized spacial score (nSPS) is 19.2. The molecule has 1 fully saturated rings. The molecule has 1 saturated carbocycles. The molecule has 0 aromatic rings. The van der Waals surface area contributed by atoms with Crippen molar-refractivity contribution in [3.8, 4) is 0 Å². The topological polar surface area (TPSA) is 0 Å². The summed E-state index contributed by atoms with van der Waals surface area (Å²) in [6.07, 6.45) is 8.07. The Kier molecular flexibility index (Phi) is 67.6. The first-order valence-corrected chi connectivity index (χ1v) is 3.62. The molecular weight excluding hydrogens is 192 g/mol. The molecule has 0 saturated heterocycles. The highest BCUT2D eigenvalue weighted by molar-refractivity contribution is 4.92. The van der Waals surface area contributed by atoms with Crippen molar-refractivity contribution < 1.29 is 0 Å². The average Bonchev–Trinajstić information content (AvgIpc) is 2.34. The number of hydrogen-bond donors (Lipinski definition) is 0. The van der Waals surface area contributed by atoms with Crippen LogP contribution in [0.25, 0.3) is 0 Å². The Morgan fingerprint density at radius 1 is 0.625 bits per heavy atom. The van der Waals surface area contributed by atoms with E-state index in [2.05, 4.69) is 25.3 Å². The molecule has 1 aliphatic rings. The van der Waals surface area contributed by atoms with Crippen molar-refractivity contribution in [3.05, 3.63) is 25.3 Å². The highest BCUT2D eigenvalue weighted by atomic mass is 14.2. The van der Waals surface area contributed by atoms with Crippen molar-refractivity contribution >= 4 is 0 Å². The van der Waals surface area contributed by atoms with Gasteiger partial charge in [-0.15, -0.1) is 13.2 Å². The third-order valence-corrected chi connectivity index (χ3v) is 2.18. The van der Waals surface area contributed by atoms with Crippen LogP contribution >= 0.6 is 0 Å². The second kappa shape index (κ2) is 24.0. The first-order chi connectivity index (χ1) is 4.36. The minimum Gasteiger partial charge on any atom is -0.103 e. The zero-order valence-corrected chi connectivity index (χ0v) is 5.84. The summed E-state index contributed by atoms with van der Waals surface area (Å²) in [4.78, 5) is 0. The van der Waals surface area contributed by atoms with Crippen molar-refractivity contribution in [2.24, 2.45) is 11.8 Å². The van der Waals surface area contributed by atoms with Crippen LogP contribution in [-0.4, -0.2) is 0 Å². The highest BCUT2D eigenvalue weighted by Gasteiger charge is 2.18. The van der Waals surface area contributed by atoms with Gasteiger partial charge in [-0.25, -0.2) is 0 Å². The van der Waals surface area contributed by atoms with E-state index in [0.29, 0.717) is 0 Å². The zero-order valence-electron chi connectivity index (χ0n) is 5.84. The summed E-state index contributed by atoms with van der Waals surface area (Å²) in [5.74, 6) is 1.54. The predicted molar refractivity (Wildman–Crippen MR) is 88.3 cm³/mol. The highest BCUT2D eigenvalue weighted by Crippen LogP contribution is 2.31. The molecule has 0 heteroatoms. The van der Waals surface area contributed by atoms with Gasteiger partial charge in [-0.1, -0.05) is 64.1 Å². The van der Waals surface area contributed by atoms with Crippen LogP contribution in [0.15, 0.2) is 25.3 Å². The Labute approximate surface area is 109 Å². The molecule has 2 unspecified atom stereocenters. The van der Waals surface area contributed by atoms with Crippen LogP contribution in [0.4, 0.5) is 0 Å². The smallest absolute Gasteiger partial charge is 0.0230 e. The summed E-state index contributed by atoms with van der Waals surface area (Å²) in [6.45, 7) is 7.55. The lowest BCUT2D eigenvalue weighted by Crippen LogP contribution is -1.88. The van der Waals surface area contributed by atoms with Crippen molar-refractivity contribution in [2.75, 3.05) is 0 Å². The summed E-state index contributed by atoms with van der Waals surface area (Å²) in [7, 11) is 0. The molecule has 106 valence electrons. The standard InChI is InChI=1S/C9H14.7CH4/c1-3-8-5-6-9(4-2)7-8;;;;;;;/h3-4,8-9H,1-2,5-7H2;7*1H4. The van der Waals surface area contributed by atoms with E-state index in [9.17, 15) is 0 Å². The van der Waals surface area contributed by atoms with Crippen LogP contribution in [0.1, 0.15) is 71.2 Å². The summed E-state index contributed by atoms with van der Waals surface area (Å²) in [5, 5.41) is 0. The molecule has 0 amide bonds. The summed E-state index contributed by atoms with van der Waals surface area (Å²) in [6, 6.07) is 0. The van der Waals surface area contributed by atoms with Gasteiger partial charge in [0.15, 0.2) is 0 Å². The van der Waals surface area contributed by atoms with Gasteiger partial charge in [0, 0.05) is 0 Å². The average molecular weight is 235 g/mol. The molecule has 0 aromatic carbocycles. The maximum Gasteiger partial charge on any atom is -0.0230 e. The Balaban J connectivity index is -0.0000000231. The van der Waals surface area contributed by atoms with Crippen molar-refractivity contribution in [1.29, 1.82) is 0 Å². The van der Waals surface area contributed by atoms with E-state index in [-0.39, 0.29) is 52.0 Å². The van der Waals surface area contributed by atoms with Gasteiger partial charge in [-0.2, -0.15) is 0 Å². The molecule has 1 rings (SSSR count). The maximum atomic E-state index is 3.78. The Morgan fingerprint density at radius 3 is 1.00 bits per heavy atom. The molecule has 0 spiro atoms. The van der Waals surface area contributed by atoms with Crippen LogP contribution in [0, 0.1) is 11.8 Å². The predicted octanol–water partition coefficient (Wildman–Crippen LogP) is 7.23. The van der Waals surface area contributed by atoms with E-state index < -0.39 is 0 Å². The van der Waals surface area contributed by atoms with E-state index in [1.54, 1.807) is 0 Å². The molecule has 16 heavy (non-hydrogen) atoms. The number of allylic oxidation sites excluding steroid dienone is 2. The van der Waals surface area contributed by atoms with Crippen molar-refractivity contribution in [3.63, 3.8) is 0 Å². The second-order valence-electron chi connectivity index (χ2n) is 2.80. The van der Waals surface area contributed by atoms with Gasteiger partial charge in [0.05, 0.1) is 0 Å². The first-order valence-electron chi connectivity index (χ1n) is 3.62. The number of hydrogen-bond acceptors (Lipinski definition) is 0. The summed E-state index contributed by atoms with van der Waals surface area (Å²) >= 11 is 0. The zero-order chi connectivity index (χ0) is 6.69. The van der Waals surface area contributed by atoms with Crippen LogP contribution in [-0.2, 0) is 0 Å². The Morgan fingerprint density at radius 2 is 0.875 bits per heavy atom. The SMILES string of the molecule is C.C.C.C.C.C.C.C=CC1CCC(C=C)C1. The molecule has 0 radical (unpaired) electrons. The third-order valence-electron chi connectivity index (χ3n) is 2.18. The van der Waals surface area contributed by atoms with Gasteiger partial charge in [-0.3, -0.25) is 0 Å². The molecular formula is C16H42. The van der Waals surface area contributed by atoms with Gasteiger partial charge in [-0.05, 0) is 31.1 Å². The van der Waals surface area contributed by atoms with Crippen molar-refractivity contribution in [2.45, 2.75) is 71.2 Å². The molecule has 0 nitrogen and oxygen atoms in total. The Hall–Kier alpha value is -0.520. The van der Waals surface area contributed by atoms with Crippen LogP contribution in [0.2, 0.25) is 0 Å². The minimum absolute atomic E-state index is 0. The van der Waals surface area contributed by atoms with E-state index in [1.165, 1.54) is 19.3 Å². The van der Waals surface area contributed by atoms with Crippen LogP contribution in [0.5, 0.6) is 0 Å². The van der Waals surface area contributed by atoms with Crippen LogP contribution in [0.3, 0.4) is 0 Å².